The van der Waals surface area contributed by atoms with Gasteiger partial charge in [-0.05, 0) is 84.6 Å². The second-order valence-electron chi connectivity index (χ2n) is 10.7. The molecule has 152 valence electrons. The van der Waals surface area contributed by atoms with Crippen LogP contribution in [0.5, 0.6) is 0 Å². The summed E-state index contributed by atoms with van der Waals surface area (Å²) in [5.74, 6) is 2.19. The fraction of sp³-hybridized carbons (Fsp3) is 0.556. The van der Waals surface area contributed by atoms with Crippen molar-refractivity contribution in [2.45, 2.75) is 64.5 Å². The summed E-state index contributed by atoms with van der Waals surface area (Å²) in [6.45, 7) is 5.07. The highest BCUT2D eigenvalue weighted by Gasteiger charge is 2.57. The van der Waals surface area contributed by atoms with Gasteiger partial charge in [-0.25, -0.2) is 0 Å². The highest BCUT2D eigenvalue weighted by molar-refractivity contribution is 5.80. The molecule has 0 amide bonds. The molecular formula is C27H33NO. The molecule has 4 aliphatic rings. The summed E-state index contributed by atoms with van der Waals surface area (Å²) in [5, 5.41) is 11.6. The number of hydrogen-bond donors (Lipinski definition) is 1. The van der Waals surface area contributed by atoms with E-state index < -0.39 is 0 Å². The summed E-state index contributed by atoms with van der Waals surface area (Å²) in [5.41, 5.74) is 3.55. The van der Waals surface area contributed by atoms with Crippen molar-refractivity contribution in [1.82, 2.24) is 4.57 Å². The second kappa shape index (κ2) is 6.11. The van der Waals surface area contributed by atoms with Gasteiger partial charge in [0.15, 0.2) is 0 Å². The second-order valence-corrected chi connectivity index (χ2v) is 10.7. The maximum Gasteiger partial charge on any atom is 0.0577 e. The van der Waals surface area contributed by atoms with Crippen molar-refractivity contribution < 1.29 is 5.11 Å². The van der Waals surface area contributed by atoms with Gasteiger partial charge in [0, 0.05) is 11.7 Å². The summed E-state index contributed by atoms with van der Waals surface area (Å²) in [7, 11) is 0. The molecule has 0 radical (unpaired) electrons. The quantitative estimate of drug-likeness (QED) is 0.572. The molecule has 1 heterocycles. The predicted molar refractivity (Wildman–Crippen MR) is 119 cm³/mol. The van der Waals surface area contributed by atoms with E-state index >= 15 is 0 Å². The molecule has 4 aliphatic carbocycles. The Balaban J connectivity index is 1.36. The van der Waals surface area contributed by atoms with Gasteiger partial charge in [-0.2, -0.15) is 0 Å². The van der Waals surface area contributed by atoms with E-state index in [2.05, 4.69) is 73.2 Å². The van der Waals surface area contributed by atoms with Crippen LogP contribution in [0.25, 0.3) is 10.9 Å². The fourth-order valence-electron chi connectivity index (χ4n) is 7.83. The molecule has 1 aromatic carbocycles. The van der Waals surface area contributed by atoms with E-state index in [0.29, 0.717) is 22.8 Å². The van der Waals surface area contributed by atoms with E-state index in [-0.39, 0.29) is 6.10 Å². The van der Waals surface area contributed by atoms with Crippen molar-refractivity contribution >= 4 is 10.9 Å². The number of nitrogens with zero attached hydrogens (tertiary/aromatic N) is 1. The number of hydrogen-bond acceptors (Lipinski definition) is 1. The predicted octanol–water partition coefficient (Wildman–Crippen LogP) is 6.28. The molecule has 0 bridgehead atoms. The number of fused-ring (bicyclic) bond motifs is 6. The summed E-state index contributed by atoms with van der Waals surface area (Å²) in [6, 6.07) is 11.5. The van der Waals surface area contributed by atoms with Gasteiger partial charge in [-0.3, -0.25) is 0 Å². The van der Waals surface area contributed by atoms with Gasteiger partial charge < -0.3 is 9.67 Å². The molecular weight excluding hydrogens is 354 g/mol. The minimum atomic E-state index is -0.113. The highest BCUT2D eigenvalue weighted by Crippen LogP contribution is 2.65. The van der Waals surface area contributed by atoms with Crippen LogP contribution in [-0.2, 0) is 0 Å². The van der Waals surface area contributed by atoms with Gasteiger partial charge in [0.05, 0.1) is 12.1 Å². The molecule has 29 heavy (non-hydrogen) atoms. The number of allylic oxidation sites excluding steroid dienone is 3. The van der Waals surface area contributed by atoms with Crippen LogP contribution in [0.2, 0.25) is 0 Å². The molecule has 6 rings (SSSR count). The Hall–Kier alpha value is -1.80. The number of para-hydroxylation sites is 1. The first-order valence-corrected chi connectivity index (χ1v) is 11.6. The Bertz CT molecular complexity index is 1010. The topological polar surface area (TPSA) is 25.2 Å². The minimum absolute atomic E-state index is 0.113. The van der Waals surface area contributed by atoms with Crippen LogP contribution in [0.3, 0.4) is 0 Å². The Morgan fingerprint density at radius 3 is 2.79 bits per heavy atom. The lowest BCUT2D eigenvalue weighted by Gasteiger charge is -2.58. The van der Waals surface area contributed by atoms with Gasteiger partial charge in [0.1, 0.15) is 0 Å². The van der Waals surface area contributed by atoms with Crippen LogP contribution < -0.4 is 0 Å². The van der Waals surface area contributed by atoms with Gasteiger partial charge in [-0.15, -0.1) is 0 Å². The molecule has 2 heteroatoms. The van der Waals surface area contributed by atoms with Crippen molar-refractivity contribution in [2.24, 2.45) is 28.6 Å². The summed E-state index contributed by atoms with van der Waals surface area (Å²) in [6.07, 6.45) is 16.7. The molecule has 2 fully saturated rings. The molecule has 2 nitrogen and oxygen atoms in total. The molecule has 0 saturated heterocycles. The first-order valence-electron chi connectivity index (χ1n) is 11.6. The summed E-state index contributed by atoms with van der Waals surface area (Å²) < 4.78 is 2.54. The molecule has 2 saturated carbocycles. The largest absolute Gasteiger partial charge is 0.393 e. The first kappa shape index (κ1) is 18.0. The molecule has 1 aromatic heterocycles. The zero-order valence-electron chi connectivity index (χ0n) is 17.7. The van der Waals surface area contributed by atoms with E-state index in [1.165, 1.54) is 36.6 Å². The van der Waals surface area contributed by atoms with E-state index in [9.17, 15) is 5.11 Å². The molecule has 0 spiro atoms. The van der Waals surface area contributed by atoms with E-state index in [1.54, 1.807) is 5.57 Å². The molecule has 1 N–H and O–H groups in total. The van der Waals surface area contributed by atoms with Gasteiger partial charge in [0.25, 0.3) is 0 Å². The molecule has 0 aliphatic heterocycles. The van der Waals surface area contributed by atoms with Gasteiger partial charge in [-0.1, -0.05) is 55.8 Å². The number of benzene rings is 1. The Morgan fingerprint density at radius 1 is 1.03 bits per heavy atom. The first-order chi connectivity index (χ1) is 14.0. The summed E-state index contributed by atoms with van der Waals surface area (Å²) >= 11 is 0. The Labute approximate surface area is 174 Å². The monoisotopic (exact) mass is 387 g/mol. The average molecular weight is 388 g/mol. The lowest BCUT2D eigenvalue weighted by Crippen LogP contribution is -2.50. The van der Waals surface area contributed by atoms with E-state index in [4.69, 9.17) is 0 Å². The maximum atomic E-state index is 10.2. The lowest BCUT2D eigenvalue weighted by atomic mass is 9.47. The molecule has 7 atom stereocenters. The third-order valence-electron chi connectivity index (χ3n) is 9.48. The average Bonchev–Trinajstić information content (AvgIpc) is 3.29. The number of aromatic nitrogens is 1. The Kier molecular flexibility index (Phi) is 3.79. The number of rotatable bonds is 1. The zero-order valence-corrected chi connectivity index (χ0v) is 17.7. The number of aliphatic hydroxyl groups excluding tert-OH is 1. The standard InChI is InChI=1S/C27H33NO/c1-26-14-11-20(29)17-19(26)7-8-21-22-9-10-25(27(22,2)15-12-23(21)26)28-16-13-18-5-3-4-6-24(18)28/h3-7,9-10,13,16,20-23,25,29H,8,11-12,14-15,17H2,1-2H3/t20-,21?,22?,23?,25?,26-,27-/m0/s1. The van der Waals surface area contributed by atoms with E-state index in [1.807, 2.05) is 0 Å². The van der Waals surface area contributed by atoms with Crippen LogP contribution in [-0.4, -0.2) is 15.8 Å². The highest BCUT2D eigenvalue weighted by atomic mass is 16.3. The van der Waals surface area contributed by atoms with Gasteiger partial charge in [0.2, 0.25) is 0 Å². The lowest BCUT2D eigenvalue weighted by molar-refractivity contribution is -0.0377. The van der Waals surface area contributed by atoms with Crippen LogP contribution >= 0.6 is 0 Å². The van der Waals surface area contributed by atoms with Crippen molar-refractivity contribution in [3.8, 4) is 0 Å². The fourth-order valence-corrected chi connectivity index (χ4v) is 7.83. The normalized spacial score (nSPS) is 43.6. The Morgan fingerprint density at radius 2 is 1.90 bits per heavy atom. The molecule has 4 unspecified atom stereocenters. The van der Waals surface area contributed by atoms with Crippen molar-refractivity contribution in [3.63, 3.8) is 0 Å². The van der Waals surface area contributed by atoms with Crippen LogP contribution in [0.15, 0.2) is 60.3 Å². The summed E-state index contributed by atoms with van der Waals surface area (Å²) in [4.78, 5) is 0. The zero-order chi connectivity index (χ0) is 19.8. The minimum Gasteiger partial charge on any atom is -0.393 e. The van der Waals surface area contributed by atoms with Crippen LogP contribution in [0, 0.1) is 28.6 Å². The number of aliphatic hydroxyl groups is 1. The third kappa shape index (κ3) is 2.39. The molecule has 2 aromatic rings. The van der Waals surface area contributed by atoms with Crippen molar-refractivity contribution in [2.75, 3.05) is 0 Å². The van der Waals surface area contributed by atoms with Crippen LogP contribution in [0.1, 0.15) is 58.4 Å². The van der Waals surface area contributed by atoms with Crippen LogP contribution in [0.4, 0.5) is 0 Å². The third-order valence-corrected chi connectivity index (χ3v) is 9.48. The van der Waals surface area contributed by atoms with Crippen molar-refractivity contribution in [1.29, 1.82) is 0 Å². The maximum absolute atomic E-state index is 10.2. The smallest absolute Gasteiger partial charge is 0.0577 e. The SMILES string of the molecule is C[C@]12CCC3C(CC=C4C[C@@H](O)CC[C@@]43C)C1C=CC2n1ccc2ccccc21. The van der Waals surface area contributed by atoms with E-state index in [0.717, 1.165) is 24.7 Å². The van der Waals surface area contributed by atoms with Gasteiger partial charge >= 0.3 is 0 Å². The van der Waals surface area contributed by atoms with Crippen molar-refractivity contribution in [3.05, 3.63) is 60.3 Å².